The Labute approximate surface area is 196 Å². The molecule has 0 spiro atoms. The molecule has 0 saturated carbocycles. The van der Waals surface area contributed by atoms with Gasteiger partial charge in [-0.1, -0.05) is 6.92 Å². The number of aromatic nitrogens is 2. The molecule has 0 aliphatic carbocycles. The molecule has 7 atom stereocenters. The van der Waals surface area contributed by atoms with Gasteiger partial charge >= 0.3 is 0 Å². The zero-order chi connectivity index (χ0) is 22.6. The maximum Gasteiger partial charge on any atom is 0.223 e. The Morgan fingerprint density at radius 2 is 2.00 bits per heavy atom. The first-order chi connectivity index (χ1) is 16.2. The molecule has 1 aromatic rings. The van der Waals surface area contributed by atoms with Crippen LogP contribution in [0.1, 0.15) is 44.1 Å². The predicted octanol–water partition coefficient (Wildman–Crippen LogP) is 0.394. The number of fused-ring (bicyclic) bond motifs is 1. The Balaban J connectivity index is 1.26. The Morgan fingerprint density at radius 3 is 2.82 bits per heavy atom. The second-order valence-corrected chi connectivity index (χ2v) is 10.2. The number of rotatable bonds is 6. The Kier molecular flexibility index (Phi) is 7.52. The number of hydrogen-bond donors (Lipinski definition) is 4. The van der Waals surface area contributed by atoms with Crippen molar-refractivity contribution in [2.24, 2.45) is 17.8 Å². The molecular formula is C24H38N6O3. The van der Waals surface area contributed by atoms with Crippen LogP contribution < -0.4 is 21.3 Å². The van der Waals surface area contributed by atoms with Crippen molar-refractivity contribution in [2.45, 2.75) is 62.9 Å². The molecule has 0 bridgehead atoms. The molecule has 1 amide bonds. The van der Waals surface area contributed by atoms with Crippen LogP contribution >= 0.6 is 0 Å². The van der Waals surface area contributed by atoms with Gasteiger partial charge in [0.25, 0.3) is 0 Å². The van der Waals surface area contributed by atoms with Crippen LogP contribution in [0, 0.1) is 17.8 Å². The van der Waals surface area contributed by atoms with Gasteiger partial charge in [-0.15, -0.1) is 0 Å². The smallest absolute Gasteiger partial charge is 0.223 e. The molecule has 9 heteroatoms. The fourth-order valence-electron chi connectivity index (χ4n) is 5.98. The Bertz CT molecular complexity index is 777. The third-order valence-corrected chi connectivity index (χ3v) is 7.99. The van der Waals surface area contributed by atoms with Gasteiger partial charge in [-0.3, -0.25) is 15.4 Å². The number of amides is 1. The van der Waals surface area contributed by atoms with Gasteiger partial charge in [0.2, 0.25) is 5.91 Å². The lowest BCUT2D eigenvalue weighted by Crippen LogP contribution is -2.71. The Morgan fingerprint density at radius 1 is 1.18 bits per heavy atom. The predicted molar refractivity (Wildman–Crippen MR) is 123 cm³/mol. The van der Waals surface area contributed by atoms with E-state index < -0.39 is 0 Å². The lowest BCUT2D eigenvalue weighted by molar-refractivity contribution is -0.130. The van der Waals surface area contributed by atoms with Crippen molar-refractivity contribution in [3.8, 4) is 0 Å². The summed E-state index contributed by atoms with van der Waals surface area (Å²) in [6, 6.07) is 0.274. The van der Waals surface area contributed by atoms with Gasteiger partial charge in [0.1, 0.15) is 6.33 Å². The molecule has 5 rings (SSSR count). The van der Waals surface area contributed by atoms with Crippen LogP contribution in [0.15, 0.2) is 18.7 Å². The average Bonchev–Trinajstić information content (AvgIpc) is 2.86. The molecule has 0 aromatic carbocycles. The van der Waals surface area contributed by atoms with Crippen LogP contribution in [0.25, 0.3) is 0 Å². The maximum absolute atomic E-state index is 12.6. The van der Waals surface area contributed by atoms with Gasteiger partial charge in [0, 0.05) is 56.6 Å². The second kappa shape index (κ2) is 10.7. The average molecular weight is 459 g/mol. The number of nitrogens with zero attached hydrogens (tertiary/aromatic N) is 2. The molecule has 5 heterocycles. The van der Waals surface area contributed by atoms with Crippen molar-refractivity contribution in [1.29, 1.82) is 0 Å². The molecule has 4 aliphatic rings. The molecule has 4 aliphatic heterocycles. The van der Waals surface area contributed by atoms with Crippen molar-refractivity contribution in [2.75, 3.05) is 39.5 Å². The van der Waals surface area contributed by atoms with E-state index in [1.807, 2.05) is 19.3 Å². The van der Waals surface area contributed by atoms with Crippen LogP contribution in [-0.2, 0) is 14.3 Å². The second-order valence-electron chi connectivity index (χ2n) is 10.2. The molecule has 1 aromatic heterocycles. The third kappa shape index (κ3) is 5.38. The van der Waals surface area contributed by atoms with E-state index in [-0.39, 0.29) is 42.1 Å². The van der Waals surface area contributed by atoms with Gasteiger partial charge in [0.05, 0.1) is 24.9 Å². The largest absolute Gasteiger partial charge is 0.381 e. The van der Waals surface area contributed by atoms with Crippen molar-refractivity contribution < 1.29 is 14.3 Å². The summed E-state index contributed by atoms with van der Waals surface area (Å²) in [6.45, 7) is 7.19. The van der Waals surface area contributed by atoms with E-state index in [0.29, 0.717) is 11.8 Å². The highest BCUT2D eigenvalue weighted by Gasteiger charge is 2.46. The van der Waals surface area contributed by atoms with Crippen molar-refractivity contribution in [1.82, 2.24) is 31.2 Å². The van der Waals surface area contributed by atoms with Crippen molar-refractivity contribution in [3.05, 3.63) is 24.3 Å². The first-order valence-corrected chi connectivity index (χ1v) is 12.6. The number of piperidine rings is 3. The van der Waals surface area contributed by atoms with Gasteiger partial charge < -0.3 is 20.1 Å². The van der Waals surface area contributed by atoms with Crippen molar-refractivity contribution >= 4 is 5.91 Å². The standard InChI is InChI=1S/C24H38N6O3/c1-15-8-18-19(17-9-26-14-27-10-17)11-28-23(22(18)30-24(15)31)29-20-2-5-25-12-21(20)33-13-16-3-6-32-7-4-16/h9-10,14-16,18-23,25,28-29H,2-8,11-13H2,1H3,(H,30,31)/t15?,18?,19?,20-,21-,22?,23?/m1/s1. The summed E-state index contributed by atoms with van der Waals surface area (Å²) in [4.78, 5) is 21.1. The van der Waals surface area contributed by atoms with E-state index in [4.69, 9.17) is 9.47 Å². The van der Waals surface area contributed by atoms with E-state index in [1.54, 1.807) is 6.33 Å². The number of carbonyl (C=O) groups excluding carboxylic acids is 1. The molecule has 9 nitrogen and oxygen atoms in total. The summed E-state index contributed by atoms with van der Waals surface area (Å²) < 4.78 is 11.9. The molecular weight excluding hydrogens is 420 g/mol. The van der Waals surface area contributed by atoms with E-state index in [1.165, 1.54) is 0 Å². The minimum Gasteiger partial charge on any atom is -0.381 e. The van der Waals surface area contributed by atoms with E-state index in [9.17, 15) is 4.79 Å². The Hall–Kier alpha value is -1.65. The van der Waals surface area contributed by atoms with Gasteiger partial charge in [0.15, 0.2) is 0 Å². The molecule has 33 heavy (non-hydrogen) atoms. The van der Waals surface area contributed by atoms with E-state index in [0.717, 1.165) is 70.7 Å². The number of ether oxygens (including phenoxy) is 2. The summed E-state index contributed by atoms with van der Waals surface area (Å²) in [5.74, 6) is 1.38. The van der Waals surface area contributed by atoms with Crippen LogP contribution in [0.3, 0.4) is 0 Å². The summed E-state index contributed by atoms with van der Waals surface area (Å²) in [5.41, 5.74) is 1.14. The highest BCUT2D eigenvalue weighted by Crippen LogP contribution is 2.38. The monoisotopic (exact) mass is 458 g/mol. The summed E-state index contributed by atoms with van der Waals surface area (Å²) in [7, 11) is 0. The van der Waals surface area contributed by atoms with E-state index >= 15 is 0 Å². The highest BCUT2D eigenvalue weighted by atomic mass is 16.5. The number of carbonyl (C=O) groups is 1. The first-order valence-electron chi connectivity index (χ1n) is 12.6. The van der Waals surface area contributed by atoms with Gasteiger partial charge in [-0.05, 0) is 49.6 Å². The topological polar surface area (TPSA) is 109 Å². The van der Waals surface area contributed by atoms with Crippen LogP contribution in [0.5, 0.6) is 0 Å². The van der Waals surface area contributed by atoms with E-state index in [2.05, 4.69) is 31.2 Å². The van der Waals surface area contributed by atoms with Crippen LogP contribution in [0.4, 0.5) is 0 Å². The summed E-state index contributed by atoms with van der Waals surface area (Å²) in [5, 5.41) is 14.4. The van der Waals surface area contributed by atoms with Crippen molar-refractivity contribution in [3.63, 3.8) is 0 Å². The first kappa shape index (κ1) is 23.1. The SMILES string of the molecule is CC1CC2C(c3cncnc3)CNC(N[C@@H]3CCNC[C@H]3OCC3CCOCC3)C2NC1=O. The third-order valence-electron chi connectivity index (χ3n) is 7.99. The summed E-state index contributed by atoms with van der Waals surface area (Å²) >= 11 is 0. The van der Waals surface area contributed by atoms with Gasteiger partial charge in [-0.25, -0.2) is 9.97 Å². The molecule has 4 fully saturated rings. The highest BCUT2D eigenvalue weighted by molar-refractivity contribution is 5.79. The van der Waals surface area contributed by atoms with Crippen LogP contribution in [-0.4, -0.2) is 79.7 Å². The number of nitrogens with one attached hydrogen (secondary N) is 4. The van der Waals surface area contributed by atoms with Crippen LogP contribution in [0.2, 0.25) is 0 Å². The normalized spacial score (nSPS) is 37.8. The maximum atomic E-state index is 12.6. The fraction of sp³-hybridized carbons (Fsp3) is 0.792. The quantitative estimate of drug-likeness (QED) is 0.485. The lowest BCUT2D eigenvalue weighted by Gasteiger charge is -2.49. The van der Waals surface area contributed by atoms with Gasteiger partial charge in [-0.2, -0.15) is 0 Å². The minimum atomic E-state index is 0.0182. The molecule has 182 valence electrons. The number of hydrogen-bond acceptors (Lipinski definition) is 8. The fourth-order valence-corrected chi connectivity index (χ4v) is 5.98. The molecule has 4 saturated heterocycles. The summed E-state index contributed by atoms with van der Waals surface area (Å²) in [6.07, 6.45) is 9.60. The minimum absolute atomic E-state index is 0.0182. The molecule has 0 radical (unpaired) electrons. The zero-order valence-electron chi connectivity index (χ0n) is 19.5. The molecule has 4 N–H and O–H groups in total. The molecule has 5 unspecified atom stereocenters. The lowest BCUT2D eigenvalue weighted by atomic mass is 9.71. The zero-order valence-corrected chi connectivity index (χ0v) is 19.5.